The smallest absolute Gasteiger partial charge is 0.341 e. The first kappa shape index (κ1) is 13.1. The molecule has 0 saturated heterocycles. The summed E-state index contributed by atoms with van der Waals surface area (Å²) in [6.45, 7) is 0. The zero-order valence-electron chi connectivity index (χ0n) is 9.92. The molecular weight excluding hydrogens is 270 g/mol. The molecule has 0 atom stereocenters. The lowest BCUT2D eigenvalue weighted by Crippen LogP contribution is -2.06. The molecule has 0 unspecified atom stereocenters. The van der Waals surface area contributed by atoms with Crippen molar-refractivity contribution < 1.29 is 14.6 Å². The summed E-state index contributed by atoms with van der Waals surface area (Å²) in [7, 11) is 1.33. The predicted molar refractivity (Wildman–Crippen MR) is 70.3 cm³/mol. The highest BCUT2D eigenvalue weighted by atomic mass is 35.5. The summed E-state index contributed by atoms with van der Waals surface area (Å²) in [5.41, 5.74) is 0.534. The van der Waals surface area contributed by atoms with Crippen LogP contribution in [0.4, 0.5) is 11.5 Å². The number of hydrogen-bond acceptors (Lipinski definition) is 5. The third-order valence-corrected chi connectivity index (χ3v) is 2.65. The SMILES string of the molecule is COc1nnc(Nc2ccccc2Cl)cc1C(=O)O. The number of carboxylic acid groups (broad SMARTS) is 1. The van der Waals surface area contributed by atoms with Crippen molar-refractivity contribution in [2.45, 2.75) is 0 Å². The molecule has 0 amide bonds. The molecule has 19 heavy (non-hydrogen) atoms. The van der Waals surface area contributed by atoms with Crippen LogP contribution < -0.4 is 10.1 Å². The lowest BCUT2D eigenvalue weighted by atomic mass is 10.2. The Labute approximate surface area is 114 Å². The zero-order valence-corrected chi connectivity index (χ0v) is 10.7. The molecule has 0 bridgehead atoms. The first-order valence-electron chi connectivity index (χ1n) is 5.28. The van der Waals surface area contributed by atoms with E-state index < -0.39 is 5.97 Å². The maximum Gasteiger partial charge on any atom is 0.341 e. The lowest BCUT2D eigenvalue weighted by Gasteiger charge is -2.08. The molecule has 0 aliphatic rings. The summed E-state index contributed by atoms with van der Waals surface area (Å²) in [5, 5.41) is 19.9. The number of aromatic nitrogens is 2. The molecule has 0 fully saturated rings. The predicted octanol–water partition coefficient (Wildman–Crippen LogP) is 2.58. The fourth-order valence-electron chi connectivity index (χ4n) is 1.45. The number of benzene rings is 1. The second-order valence-corrected chi connectivity index (χ2v) is 3.97. The van der Waals surface area contributed by atoms with Gasteiger partial charge in [-0.1, -0.05) is 23.7 Å². The van der Waals surface area contributed by atoms with Crippen molar-refractivity contribution in [3.8, 4) is 5.88 Å². The van der Waals surface area contributed by atoms with Crippen LogP contribution >= 0.6 is 11.6 Å². The Morgan fingerprint density at radius 2 is 2.11 bits per heavy atom. The molecule has 1 heterocycles. The average molecular weight is 280 g/mol. The highest BCUT2D eigenvalue weighted by Crippen LogP contribution is 2.25. The minimum Gasteiger partial charge on any atom is -0.479 e. The fraction of sp³-hybridized carbons (Fsp3) is 0.0833. The number of hydrogen-bond donors (Lipinski definition) is 2. The molecule has 1 aromatic carbocycles. The molecule has 98 valence electrons. The Hall–Kier alpha value is -2.34. The molecule has 7 heteroatoms. The van der Waals surface area contributed by atoms with Gasteiger partial charge < -0.3 is 15.2 Å². The van der Waals surface area contributed by atoms with Crippen molar-refractivity contribution in [2.75, 3.05) is 12.4 Å². The minimum atomic E-state index is -1.14. The number of nitrogens with one attached hydrogen (secondary N) is 1. The van der Waals surface area contributed by atoms with E-state index in [1.807, 2.05) is 0 Å². The first-order valence-corrected chi connectivity index (χ1v) is 5.66. The highest BCUT2D eigenvalue weighted by molar-refractivity contribution is 6.33. The number of anilines is 2. The first-order chi connectivity index (χ1) is 9.11. The maximum atomic E-state index is 11.1. The molecule has 2 aromatic rings. The van der Waals surface area contributed by atoms with Crippen molar-refractivity contribution in [1.29, 1.82) is 0 Å². The highest BCUT2D eigenvalue weighted by Gasteiger charge is 2.14. The van der Waals surface area contributed by atoms with Crippen LogP contribution in [0.15, 0.2) is 30.3 Å². The summed E-state index contributed by atoms with van der Waals surface area (Å²) in [4.78, 5) is 11.1. The van der Waals surface area contributed by atoms with E-state index in [9.17, 15) is 4.79 Å². The normalized spacial score (nSPS) is 10.0. The van der Waals surface area contributed by atoms with Gasteiger partial charge in [-0.2, -0.15) is 0 Å². The third kappa shape index (κ3) is 2.92. The monoisotopic (exact) mass is 279 g/mol. The molecule has 0 aliphatic carbocycles. The van der Waals surface area contributed by atoms with Crippen molar-refractivity contribution in [2.24, 2.45) is 0 Å². The van der Waals surface area contributed by atoms with Gasteiger partial charge in [0.25, 0.3) is 0 Å². The van der Waals surface area contributed by atoms with E-state index in [4.69, 9.17) is 21.4 Å². The summed E-state index contributed by atoms with van der Waals surface area (Å²) in [6, 6.07) is 8.37. The van der Waals surface area contributed by atoms with E-state index in [1.54, 1.807) is 24.3 Å². The average Bonchev–Trinajstić information content (AvgIpc) is 2.41. The quantitative estimate of drug-likeness (QED) is 0.895. The molecule has 0 spiro atoms. The minimum absolute atomic E-state index is 0.0443. The van der Waals surface area contributed by atoms with Crippen LogP contribution in [-0.4, -0.2) is 28.4 Å². The molecule has 0 radical (unpaired) electrons. The Bertz CT molecular complexity index is 619. The van der Waals surface area contributed by atoms with Gasteiger partial charge in [0.1, 0.15) is 5.56 Å². The number of nitrogens with zero attached hydrogens (tertiary/aromatic N) is 2. The van der Waals surface area contributed by atoms with Crippen molar-refractivity contribution >= 4 is 29.1 Å². The van der Waals surface area contributed by atoms with Crippen LogP contribution in [0.25, 0.3) is 0 Å². The van der Waals surface area contributed by atoms with Crippen LogP contribution in [0.1, 0.15) is 10.4 Å². The third-order valence-electron chi connectivity index (χ3n) is 2.32. The second kappa shape index (κ2) is 5.53. The lowest BCUT2D eigenvalue weighted by molar-refractivity contribution is 0.0692. The fourth-order valence-corrected chi connectivity index (χ4v) is 1.63. The van der Waals surface area contributed by atoms with Gasteiger partial charge in [-0.05, 0) is 12.1 Å². The van der Waals surface area contributed by atoms with E-state index in [2.05, 4.69) is 15.5 Å². The Balaban J connectivity index is 2.34. The van der Waals surface area contributed by atoms with Crippen LogP contribution in [0, 0.1) is 0 Å². The number of carbonyl (C=O) groups is 1. The molecule has 2 rings (SSSR count). The zero-order chi connectivity index (χ0) is 13.8. The van der Waals surface area contributed by atoms with Gasteiger partial charge in [0.05, 0.1) is 17.8 Å². The van der Waals surface area contributed by atoms with Gasteiger partial charge in [-0.25, -0.2) is 4.79 Å². The Kier molecular flexibility index (Phi) is 3.82. The standard InChI is InChI=1S/C12H10ClN3O3/c1-19-11-7(12(17)18)6-10(15-16-11)14-9-5-3-2-4-8(9)13/h2-6H,1H3,(H,14,15)(H,17,18). The molecule has 0 aliphatic heterocycles. The number of halogens is 1. The summed E-state index contributed by atoms with van der Waals surface area (Å²) >= 11 is 5.98. The molecule has 6 nitrogen and oxygen atoms in total. The molecule has 0 saturated carbocycles. The topological polar surface area (TPSA) is 84.3 Å². The van der Waals surface area contributed by atoms with E-state index in [0.29, 0.717) is 10.7 Å². The van der Waals surface area contributed by atoms with E-state index in [-0.39, 0.29) is 17.3 Å². The van der Waals surface area contributed by atoms with Gasteiger partial charge in [0.2, 0.25) is 5.88 Å². The van der Waals surface area contributed by atoms with Gasteiger partial charge >= 0.3 is 5.97 Å². The van der Waals surface area contributed by atoms with Crippen LogP contribution in [-0.2, 0) is 0 Å². The number of para-hydroxylation sites is 1. The van der Waals surface area contributed by atoms with Crippen LogP contribution in [0.5, 0.6) is 5.88 Å². The van der Waals surface area contributed by atoms with Gasteiger partial charge in [0, 0.05) is 6.07 Å². The second-order valence-electron chi connectivity index (χ2n) is 3.56. The summed E-state index contributed by atoms with van der Waals surface area (Å²) < 4.78 is 4.83. The van der Waals surface area contributed by atoms with E-state index >= 15 is 0 Å². The number of ether oxygens (including phenoxy) is 1. The van der Waals surface area contributed by atoms with E-state index in [0.717, 1.165) is 0 Å². The molecule has 2 N–H and O–H groups in total. The Morgan fingerprint density at radius 1 is 1.37 bits per heavy atom. The van der Waals surface area contributed by atoms with Crippen LogP contribution in [0.2, 0.25) is 5.02 Å². The summed E-state index contributed by atoms with van der Waals surface area (Å²) in [5.74, 6) is -0.919. The van der Waals surface area contributed by atoms with Crippen molar-refractivity contribution in [3.63, 3.8) is 0 Å². The number of rotatable bonds is 4. The van der Waals surface area contributed by atoms with Gasteiger partial charge in [-0.15, -0.1) is 10.2 Å². The van der Waals surface area contributed by atoms with Crippen molar-refractivity contribution in [1.82, 2.24) is 10.2 Å². The number of carboxylic acids is 1. The molecular formula is C12H10ClN3O3. The maximum absolute atomic E-state index is 11.1. The van der Waals surface area contributed by atoms with Gasteiger partial charge in [0.15, 0.2) is 5.82 Å². The number of methoxy groups -OCH3 is 1. The number of aromatic carboxylic acids is 1. The van der Waals surface area contributed by atoms with E-state index in [1.165, 1.54) is 13.2 Å². The largest absolute Gasteiger partial charge is 0.479 e. The summed E-state index contributed by atoms with van der Waals surface area (Å²) in [6.07, 6.45) is 0. The van der Waals surface area contributed by atoms with Crippen molar-refractivity contribution in [3.05, 3.63) is 40.9 Å². The van der Waals surface area contributed by atoms with Crippen LogP contribution in [0.3, 0.4) is 0 Å². The Morgan fingerprint density at radius 3 is 2.74 bits per heavy atom. The van der Waals surface area contributed by atoms with Gasteiger partial charge in [-0.3, -0.25) is 0 Å². The molecule has 1 aromatic heterocycles.